The van der Waals surface area contributed by atoms with E-state index in [1.54, 1.807) is 0 Å². The maximum atomic E-state index is 5.82. The molecule has 0 bridgehead atoms. The van der Waals surface area contributed by atoms with E-state index in [1.165, 1.54) is 11.3 Å². The number of thiazole rings is 1. The quantitative estimate of drug-likeness (QED) is 0.808. The molecule has 4 nitrogen and oxygen atoms in total. The van der Waals surface area contributed by atoms with Crippen LogP contribution in [0.3, 0.4) is 0 Å². The first-order valence-electron chi connectivity index (χ1n) is 5.00. The van der Waals surface area contributed by atoms with Gasteiger partial charge in [0, 0.05) is 18.1 Å². The van der Waals surface area contributed by atoms with Crippen molar-refractivity contribution < 1.29 is 0 Å². The van der Waals surface area contributed by atoms with Crippen LogP contribution in [-0.4, -0.2) is 47.1 Å². The minimum Gasteiger partial charge on any atom is -0.349 e. The van der Waals surface area contributed by atoms with Gasteiger partial charge in [-0.25, -0.2) is 4.98 Å². The van der Waals surface area contributed by atoms with Gasteiger partial charge in [0.25, 0.3) is 0 Å². The van der Waals surface area contributed by atoms with Crippen LogP contribution in [0.1, 0.15) is 4.88 Å². The molecule has 1 aliphatic heterocycles. The first kappa shape index (κ1) is 11.7. The van der Waals surface area contributed by atoms with Gasteiger partial charge in [-0.15, -0.1) is 11.3 Å². The monoisotopic (exact) mass is 258 g/mol. The Kier molecular flexibility index (Phi) is 3.37. The summed E-state index contributed by atoms with van der Waals surface area (Å²) < 4.78 is 0.597. The fourth-order valence-electron chi connectivity index (χ4n) is 1.79. The molecule has 0 saturated carbocycles. The second-order valence-corrected chi connectivity index (χ2v) is 5.73. The molecule has 0 radical (unpaired) electrons. The first-order chi connectivity index (χ1) is 7.56. The average Bonchev–Trinajstić information content (AvgIpc) is 2.60. The second-order valence-electron chi connectivity index (χ2n) is 4.03. The molecular weight excluding hydrogens is 244 g/mol. The third-order valence-corrected chi connectivity index (χ3v) is 3.64. The number of aromatic nitrogens is 1. The van der Waals surface area contributed by atoms with E-state index >= 15 is 0 Å². The van der Waals surface area contributed by atoms with E-state index < -0.39 is 0 Å². The zero-order chi connectivity index (χ0) is 11.7. The van der Waals surface area contributed by atoms with Crippen LogP contribution in [-0.2, 0) is 6.54 Å². The van der Waals surface area contributed by atoms with Crippen molar-refractivity contribution in [3.05, 3.63) is 27.9 Å². The third-order valence-electron chi connectivity index (χ3n) is 2.54. The summed E-state index contributed by atoms with van der Waals surface area (Å²) in [6.07, 6.45) is 1.83. The van der Waals surface area contributed by atoms with Crippen LogP contribution in [0.5, 0.6) is 0 Å². The Balaban J connectivity index is 2.05. The van der Waals surface area contributed by atoms with Crippen molar-refractivity contribution in [1.82, 2.24) is 19.7 Å². The molecule has 2 rings (SSSR count). The van der Waals surface area contributed by atoms with Gasteiger partial charge in [-0.3, -0.25) is 4.90 Å². The predicted molar refractivity (Wildman–Crippen MR) is 67.1 cm³/mol. The predicted octanol–water partition coefficient (Wildman–Crippen LogP) is 1.86. The lowest BCUT2D eigenvalue weighted by Gasteiger charge is -2.42. The summed E-state index contributed by atoms with van der Waals surface area (Å²) in [7, 11) is 4.14. The normalized spacial score (nSPS) is 18.3. The van der Waals surface area contributed by atoms with Crippen molar-refractivity contribution in [3.8, 4) is 0 Å². The topological polar surface area (TPSA) is 22.6 Å². The van der Waals surface area contributed by atoms with E-state index in [-0.39, 0.29) is 0 Å². The van der Waals surface area contributed by atoms with E-state index in [0.717, 1.165) is 30.6 Å². The van der Waals surface area contributed by atoms with Crippen LogP contribution in [0, 0.1) is 0 Å². The van der Waals surface area contributed by atoms with Gasteiger partial charge in [0.15, 0.2) is 4.47 Å². The van der Waals surface area contributed by atoms with Gasteiger partial charge in [-0.05, 0) is 7.05 Å². The molecular formula is C10H15ClN4S. The van der Waals surface area contributed by atoms with Gasteiger partial charge in [0.05, 0.1) is 25.7 Å². The Morgan fingerprint density at radius 1 is 1.50 bits per heavy atom. The van der Waals surface area contributed by atoms with Crippen molar-refractivity contribution in [1.29, 1.82) is 0 Å². The summed E-state index contributed by atoms with van der Waals surface area (Å²) in [5.41, 5.74) is 0. The molecule has 1 aromatic rings. The molecule has 0 aromatic carbocycles. The molecule has 0 aliphatic carbocycles. The van der Waals surface area contributed by atoms with Crippen molar-refractivity contribution in [2.45, 2.75) is 6.54 Å². The minimum absolute atomic E-state index is 0.597. The standard InChI is InChI=1S/C10H15ClN4S/c1-8-14(3)6-13(2)7-15(8)5-9-4-12-10(11)16-9/h4H,1,5-7H2,2-3H3. The van der Waals surface area contributed by atoms with Crippen LogP contribution < -0.4 is 0 Å². The molecule has 88 valence electrons. The largest absolute Gasteiger partial charge is 0.349 e. The smallest absolute Gasteiger partial charge is 0.183 e. The number of nitrogens with zero attached hydrogens (tertiary/aromatic N) is 4. The highest BCUT2D eigenvalue weighted by Crippen LogP contribution is 2.23. The lowest BCUT2D eigenvalue weighted by Crippen LogP contribution is -2.49. The zero-order valence-corrected chi connectivity index (χ0v) is 11.1. The number of halogens is 1. The highest BCUT2D eigenvalue weighted by atomic mass is 35.5. The van der Waals surface area contributed by atoms with Gasteiger partial charge >= 0.3 is 0 Å². The lowest BCUT2D eigenvalue weighted by molar-refractivity contribution is 0.0474. The maximum absolute atomic E-state index is 5.82. The van der Waals surface area contributed by atoms with Crippen molar-refractivity contribution >= 4 is 22.9 Å². The van der Waals surface area contributed by atoms with Crippen molar-refractivity contribution in [2.24, 2.45) is 0 Å². The molecule has 1 aliphatic rings. The molecule has 0 unspecified atom stereocenters. The molecule has 6 heteroatoms. The van der Waals surface area contributed by atoms with Crippen molar-refractivity contribution in [2.75, 3.05) is 27.4 Å². The fraction of sp³-hybridized carbons (Fsp3) is 0.500. The summed E-state index contributed by atoms with van der Waals surface area (Å²) >= 11 is 7.34. The molecule has 16 heavy (non-hydrogen) atoms. The number of hydrogen-bond acceptors (Lipinski definition) is 5. The molecule has 1 saturated heterocycles. The molecule has 1 aromatic heterocycles. The molecule has 2 heterocycles. The van der Waals surface area contributed by atoms with Crippen LogP contribution >= 0.6 is 22.9 Å². The van der Waals surface area contributed by atoms with Crippen molar-refractivity contribution in [3.63, 3.8) is 0 Å². The van der Waals surface area contributed by atoms with Gasteiger partial charge in [0.1, 0.15) is 0 Å². The summed E-state index contributed by atoms with van der Waals surface area (Å²) in [5, 5.41) is 0. The van der Waals surface area contributed by atoms with Gasteiger partial charge in [-0.1, -0.05) is 18.2 Å². The zero-order valence-electron chi connectivity index (χ0n) is 9.48. The van der Waals surface area contributed by atoms with E-state index in [2.05, 4.69) is 33.3 Å². The molecule has 1 fully saturated rings. The van der Waals surface area contributed by atoms with Crippen LogP contribution in [0.4, 0.5) is 0 Å². The molecule has 0 amide bonds. The Morgan fingerprint density at radius 3 is 2.88 bits per heavy atom. The highest BCUT2D eigenvalue weighted by molar-refractivity contribution is 7.15. The summed E-state index contributed by atoms with van der Waals surface area (Å²) in [6, 6.07) is 0. The lowest BCUT2D eigenvalue weighted by atomic mass is 10.4. The Bertz CT molecular complexity index is 392. The Labute approximate surface area is 105 Å². The number of hydrogen-bond donors (Lipinski definition) is 0. The minimum atomic E-state index is 0.597. The maximum Gasteiger partial charge on any atom is 0.183 e. The highest BCUT2D eigenvalue weighted by Gasteiger charge is 2.21. The first-order valence-corrected chi connectivity index (χ1v) is 6.19. The summed E-state index contributed by atoms with van der Waals surface area (Å²) in [4.78, 5) is 11.8. The van der Waals surface area contributed by atoms with Gasteiger partial charge < -0.3 is 9.80 Å². The van der Waals surface area contributed by atoms with Crippen LogP contribution in [0.2, 0.25) is 4.47 Å². The summed E-state index contributed by atoms with van der Waals surface area (Å²) in [6.45, 7) is 6.71. The fourth-order valence-corrected chi connectivity index (χ4v) is 2.78. The Morgan fingerprint density at radius 2 is 2.25 bits per heavy atom. The van der Waals surface area contributed by atoms with E-state index in [4.69, 9.17) is 11.6 Å². The van der Waals surface area contributed by atoms with Crippen LogP contribution in [0.25, 0.3) is 0 Å². The third kappa shape index (κ3) is 2.48. The van der Waals surface area contributed by atoms with Gasteiger partial charge in [-0.2, -0.15) is 0 Å². The SMILES string of the molecule is C=C1N(C)CN(C)CN1Cc1cnc(Cl)s1. The summed E-state index contributed by atoms with van der Waals surface area (Å²) in [5.74, 6) is 1.04. The average molecular weight is 259 g/mol. The van der Waals surface area contributed by atoms with E-state index in [1.807, 2.05) is 13.2 Å². The Hall–Kier alpha value is -0.780. The van der Waals surface area contributed by atoms with Crippen LogP contribution in [0.15, 0.2) is 18.6 Å². The molecule has 0 spiro atoms. The van der Waals surface area contributed by atoms with E-state index in [9.17, 15) is 0 Å². The molecule has 0 atom stereocenters. The van der Waals surface area contributed by atoms with Gasteiger partial charge in [0.2, 0.25) is 0 Å². The second kappa shape index (κ2) is 4.61. The molecule has 0 N–H and O–H groups in total. The number of rotatable bonds is 2. The van der Waals surface area contributed by atoms with E-state index in [0.29, 0.717) is 4.47 Å².